The molecule has 38 heavy (non-hydrogen) atoms. The standard InChI is InChI=1S/C32H26N2O4/c1-2-37-26-17-14-24(15-18-26)32(36)38-30-19-16-23-9-4-6-13-28(23)29(30)21-33-34-31(35)20-25-11-7-10-22-8-3-5-12-27(22)25/h3-19,21H,2,20H2,1H3,(H,34,35)/b33-21+. The van der Waals surface area contributed by atoms with Crippen molar-refractivity contribution in [3.8, 4) is 11.5 Å². The number of hydrogen-bond donors (Lipinski definition) is 1. The van der Waals surface area contributed by atoms with Gasteiger partial charge in [0.25, 0.3) is 0 Å². The molecule has 6 nitrogen and oxygen atoms in total. The first kappa shape index (κ1) is 24.7. The van der Waals surface area contributed by atoms with Crippen LogP contribution in [0.3, 0.4) is 0 Å². The molecule has 0 unspecified atom stereocenters. The summed E-state index contributed by atoms with van der Waals surface area (Å²) >= 11 is 0. The molecule has 0 spiro atoms. The van der Waals surface area contributed by atoms with Crippen molar-refractivity contribution in [3.63, 3.8) is 0 Å². The molecule has 1 N–H and O–H groups in total. The Labute approximate surface area is 220 Å². The van der Waals surface area contributed by atoms with Crippen molar-refractivity contribution >= 4 is 39.6 Å². The van der Waals surface area contributed by atoms with E-state index in [1.165, 1.54) is 6.21 Å². The second kappa shape index (κ2) is 11.4. The van der Waals surface area contributed by atoms with E-state index in [0.717, 1.165) is 27.1 Å². The highest BCUT2D eigenvalue weighted by Crippen LogP contribution is 2.28. The first-order chi connectivity index (χ1) is 18.6. The second-order valence-electron chi connectivity index (χ2n) is 8.65. The highest BCUT2D eigenvalue weighted by atomic mass is 16.5. The fourth-order valence-corrected chi connectivity index (χ4v) is 4.34. The van der Waals surface area contributed by atoms with E-state index < -0.39 is 5.97 Å². The Balaban J connectivity index is 1.36. The zero-order valence-corrected chi connectivity index (χ0v) is 20.9. The summed E-state index contributed by atoms with van der Waals surface area (Å²) in [7, 11) is 0. The highest BCUT2D eigenvalue weighted by Gasteiger charge is 2.14. The van der Waals surface area contributed by atoms with Crippen LogP contribution < -0.4 is 14.9 Å². The molecule has 5 rings (SSSR count). The average molecular weight is 503 g/mol. The van der Waals surface area contributed by atoms with Gasteiger partial charge in [-0.3, -0.25) is 4.79 Å². The predicted molar refractivity (Wildman–Crippen MR) is 150 cm³/mol. The molecule has 6 heteroatoms. The number of fused-ring (bicyclic) bond motifs is 2. The van der Waals surface area contributed by atoms with Crippen molar-refractivity contribution < 1.29 is 19.1 Å². The van der Waals surface area contributed by atoms with Gasteiger partial charge in [-0.25, -0.2) is 10.2 Å². The molecule has 5 aromatic rings. The molecule has 0 aliphatic heterocycles. The number of carbonyl (C=O) groups excluding carboxylic acids is 2. The highest BCUT2D eigenvalue weighted by molar-refractivity contribution is 6.04. The van der Waals surface area contributed by atoms with Crippen LogP contribution in [0.5, 0.6) is 11.5 Å². The summed E-state index contributed by atoms with van der Waals surface area (Å²) in [5.74, 6) is 0.278. The van der Waals surface area contributed by atoms with Crippen molar-refractivity contribution in [2.24, 2.45) is 5.10 Å². The molecule has 5 aromatic carbocycles. The molecule has 0 atom stereocenters. The second-order valence-corrected chi connectivity index (χ2v) is 8.65. The number of hydrazone groups is 1. The van der Waals surface area contributed by atoms with Crippen LogP contribution >= 0.6 is 0 Å². The topological polar surface area (TPSA) is 77.0 Å². The summed E-state index contributed by atoms with van der Waals surface area (Å²) in [6.45, 7) is 2.44. The lowest BCUT2D eigenvalue weighted by molar-refractivity contribution is -0.120. The Kier molecular flexibility index (Phi) is 7.41. The molecule has 188 valence electrons. The Morgan fingerprint density at radius 3 is 2.24 bits per heavy atom. The number of ether oxygens (including phenoxy) is 2. The van der Waals surface area contributed by atoms with Crippen LogP contribution in [0.25, 0.3) is 21.5 Å². The predicted octanol–water partition coefficient (Wildman–Crippen LogP) is 6.30. The number of amides is 1. The molecule has 1 amide bonds. The van der Waals surface area contributed by atoms with Gasteiger partial charge in [-0.15, -0.1) is 0 Å². The van der Waals surface area contributed by atoms with Crippen LogP contribution in [0, 0.1) is 0 Å². The van der Waals surface area contributed by atoms with E-state index in [9.17, 15) is 9.59 Å². The van der Waals surface area contributed by atoms with Crippen LogP contribution in [0.4, 0.5) is 0 Å². The summed E-state index contributed by atoms with van der Waals surface area (Å²) in [4.78, 5) is 25.6. The number of nitrogens with zero attached hydrogens (tertiary/aromatic N) is 1. The van der Waals surface area contributed by atoms with E-state index in [-0.39, 0.29) is 12.3 Å². The Morgan fingerprint density at radius 1 is 0.789 bits per heavy atom. The number of rotatable bonds is 8. The van der Waals surface area contributed by atoms with Gasteiger partial charge in [-0.1, -0.05) is 72.8 Å². The van der Waals surface area contributed by atoms with Gasteiger partial charge in [-0.05, 0) is 64.4 Å². The van der Waals surface area contributed by atoms with E-state index in [1.807, 2.05) is 79.7 Å². The van der Waals surface area contributed by atoms with Gasteiger partial charge in [0, 0.05) is 5.56 Å². The molecule has 0 saturated heterocycles. The fraction of sp³-hybridized carbons (Fsp3) is 0.0938. The molecule has 0 fully saturated rings. The number of carbonyl (C=O) groups is 2. The minimum atomic E-state index is -0.502. The summed E-state index contributed by atoms with van der Waals surface area (Å²) in [6, 6.07) is 32.0. The lowest BCUT2D eigenvalue weighted by Gasteiger charge is -2.11. The van der Waals surface area contributed by atoms with Crippen LogP contribution in [-0.4, -0.2) is 24.7 Å². The SMILES string of the molecule is CCOc1ccc(C(=O)Oc2ccc3ccccc3c2/C=N/NC(=O)Cc2cccc3ccccc23)cc1. The first-order valence-corrected chi connectivity index (χ1v) is 12.4. The lowest BCUT2D eigenvalue weighted by Crippen LogP contribution is -2.20. The minimum Gasteiger partial charge on any atom is -0.494 e. The first-order valence-electron chi connectivity index (χ1n) is 12.4. The minimum absolute atomic E-state index is 0.188. The van der Waals surface area contributed by atoms with Crippen molar-refractivity contribution in [2.45, 2.75) is 13.3 Å². The van der Waals surface area contributed by atoms with Gasteiger partial charge >= 0.3 is 5.97 Å². The van der Waals surface area contributed by atoms with E-state index in [4.69, 9.17) is 9.47 Å². The van der Waals surface area contributed by atoms with E-state index in [2.05, 4.69) is 10.5 Å². The maximum Gasteiger partial charge on any atom is 0.343 e. The number of benzene rings is 5. The molecule has 0 aromatic heterocycles. The van der Waals surface area contributed by atoms with Crippen molar-refractivity contribution in [2.75, 3.05) is 6.61 Å². The third-order valence-corrected chi connectivity index (χ3v) is 6.15. The van der Waals surface area contributed by atoms with E-state index >= 15 is 0 Å². The van der Waals surface area contributed by atoms with Crippen LogP contribution in [-0.2, 0) is 11.2 Å². The Morgan fingerprint density at radius 2 is 1.47 bits per heavy atom. The summed E-state index contributed by atoms with van der Waals surface area (Å²) in [5.41, 5.74) is 4.52. The molecular weight excluding hydrogens is 476 g/mol. The molecule has 0 saturated carbocycles. The Hall–Kier alpha value is -4.97. The zero-order valence-electron chi connectivity index (χ0n) is 20.9. The van der Waals surface area contributed by atoms with Gasteiger partial charge in [0.15, 0.2) is 0 Å². The number of nitrogens with one attached hydrogen (secondary N) is 1. The number of esters is 1. The Bertz CT molecular complexity index is 1640. The summed E-state index contributed by atoms with van der Waals surface area (Å²) < 4.78 is 11.2. The van der Waals surface area contributed by atoms with Gasteiger partial charge in [0.1, 0.15) is 11.5 Å². The van der Waals surface area contributed by atoms with Crippen molar-refractivity contribution in [3.05, 3.63) is 120 Å². The van der Waals surface area contributed by atoms with Crippen LogP contribution in [0.1, 0.15) is 28.4 Å². The summed E-state index contributed by atoms with van der Waals surface area (Å²) in [6.07, 6.45) is 1.71. The molecule has 0 bridgehead atoms. The smallest absolute Gasteiger partial charge is 0.343 e. The quantitative estimate of drug-likeness (QED) is 0.117. The molecule has 0 heterocycles. The van der Waals surface area contributed by atoms with Crippen LogP contribution in [0.15, 0.2) is 108 Å². The largest absolute Gasteiger partial charge is 0.494 e. The molecule has 0 aliphatic rings. The molecular formula is C32H26N2O4. The van der Waals surface area contributed by atoms with Crippen molar-refractivity contribution in [1.82, 2.24) is 5.43 Å². The molecule has 0 radical (unpaired) electrons. The van der Waals surface area contributed by atoms with Crippen LogP contribution in [0.2, 0.25) is 0 Å². The third kappa shape index (κ3) is 5.55. The van der Waals surface area contributed by atoms with Gasteiger partial charge in [0.2, 0.25) is 5.91 Å². The van der Waals surface area contributed by atoms with Crippen molar-refractivity contribution in [1.29, 1.82) is 0 Å². The zero-order chi connectivity index (χ0) is 26.3. The normalized spacial score (nSPS) is 11.1. The van der Waals surface area contributed by atoms with E-state index in [0.29, 0.717) is 29.2 Å². The maximum absolute atomic E-state index is 12.9. The average Bonchev–Trinajstić information content (AvgIpc) is 2.95. The van der Waals surface area contributed by atoms with E-state index in [1.54, 1.807) is 30.3 Å². The third-order valence-electron chi connectivity index (χ3n) is 6.15. The number of hydrogen-bond acceptors (Lipinski definition) is 5. The maximum atomic E-state index is 12.9. The molecule has 0 aliphatic carbocycles. The van der Waals surface area contributed by atoms with Gasteiger partial charge in [-0.2, -0.15) is 5.10 Å². The monoisotopic (exact) mass is 502 g/mol. The van der Waals surface area contributed by atoms with Gasteiger partial charge in [0.05, 0.1) is 24.8 Å². The fourth-order valence-electron chi connectivity index (χ4n) is 4.34. The van der Waals surface area contributed by atoms with Gasteiger partial charge < -0.3 is 9.47 Å². The summed E-state index contributed by atoms with van der Waals surface area (Å²) in [5, 5.41) is 8.12. The lowest BCUT2D eigenvalue weighted by atomic mass is 10.0.